The molecule has 0 atom stereocenters. The van der Waals surface area contributed by atoms with Gasteiger partial charge in [-0.3, -0.25) is 0 Å². The summed E-state index contributed by atoms with van der Waals surface area (Å²) < 4.78 is 10.7. The summed E-state index contributed by atoms with van der Waals surface area (Å²) in [5.74, 6) is 2.26. The normalized spacial score (nSPS) is 11.0. The summed E-state index contributed by atoms with van der Waals surface area (Å²) in [4.78, 5) is 4.36. The van der Waals surface area contributed by atoms with Gasteiger partial charge in [0.15, 0.2) is 11.6 Å². The molecule has 108 valence electrons. The Hall–Kier alpha value is -2.40. The first-order chi connectivity index (χ1) is 10.2. The van der Waals surface area contributed by atoms with Crippen molar-refractivity contribution in [1.82, 2.24) is 10.1 Å². The van der Waals surface area contributed by atoms with Crippen molar-refractivity contribution >= 4 is 0 Å². The zero-order valence-electron chi connectivity index (χ0n) is 12.1. The molecule has 0 radical (unpaired) electrons. The molecule has 0 aliphatic carbocycles. The van der Waals surface area contributed by atoms with E-state index in [9.17, 15) is 0 Å². The number of hydrogen-bond acceptors (Lipinski definition) is 5. The molecule has 1 aromatic carbocycles. The molecule has 0 unspecified atom stereocenters. The maximum atomic E-state index is 5.51. The zero-order valence-corrected chi connectivity index (χ0v) is 12.1. The largest absolute Gasteiger partial charge is 0.455 e. The molecular weight excluding hydrogens is 266 g/mol. The average molecular weight is 283 g/mol. The fourth-order valence-corrected chi connectivity index (χ4v) is 2.12. The van der Waals surface area contributed by atoms with E-state index in [1.54, 1.807) is 6.07 Å². The molecule has 0 bridgehead atoms. The molecule has 0 fully saturated rings. The van der Waals surface area contributed by atoms with Crippen LogP contribution in [0.25, 0.3) is 11.7 Å². The quantitative estimate of drug-likeness (QED) is 0.796. The molecule has 2 heterocycles. The van der Waals surface area contributed by atoms with Gasteiger partial charge in [0.05, 0.1) is 6.54 Å². The molecule has 0 aliphatic heterocycles. The molecule has 3 rings (SSSR count). The van der Waals surface area contributed by atoms with E-state index in [4.69, 9.17) is 14.7 Å². The average Bonchev–Trinajstić information content (AvgIpc) is 3.11. The van der Waals surface area contributed by atoms with Crippen LogP contribution in [-0.2, 0) is 13.0 Å². The maximum absolute atomic E-state index is 5.51. The summed E-state index contributed by atoms with van der Waals surface area (Å²) in [6, 6.07) is 9.92. The number of rotatable bonds is 4. The lowest BCUT2D eigenvalue weighted by Gasteiger charge is -2.02. The Morgan fingerprint density at radius 3 is 2.67 bits per heavy atom. The topological polar surface area (TPSA) is 78.1 Å². The number of nitrogens with zero attached hydrogens (tertiary/aromatic N) is 2. The van der Waals surface area contributed by atoms with Gasteiger partial charge in [-0.1, -0.05) is 23.4 Å². The van der Waals surface area contributed by atoms with Crippen molar-refractivity contribution in [3.05, 3.63) is 58.6 Å². The van der Waals surface area contributed by atoms with E-state index in [1.807, 2.05) is 6.07 Å². The Balaban J connectivity index is 1.79. The minimum atomic E-state index is 0.351. The highest BCUT2D eigenvalue weighted by Gasteiger charge is 2.13. The van der Waals surface area contributed by atoms with Crippen LogP contribution in [0.5, 0.6) is 0 Å². The number of aromatic nitrogens is 2. The zero-order chi connectivity index (χ0) is 14.8. The Bertz CT molecular complexity index is 758. The second-order valence-corrected chi connectivity index (χ2v) is 5.08. The molecule has 0 spiro atoms. The highest BCUT2D eigenvalue weighted by atomic mass is 16.5. The van der Waals surface area contributed by atoms with Crippen LogP contribution in [0.1, 0.15) is 28.3 Å². The lowest BCUT2D eigenvalue weighted by molar-refractivity contribution is 0.406. The number of nitrogens with two attached hydrogens (primary N) is 1. The van der Waals surface area contributed by atoms with Crippen LogP contribution in [-0.4, -0.2) is 10.1 Å². The molecule has 3 aromatic rings. The minimum Gasteiger partial charge on any atom is -0.455 e. The van der Waals surface area contributed by atoms with Crippen molar-refractivity contribution < 1.29 is 8.94 Å². The van der Waals surface area contributed by atoms with Crippen molar-refractivity contribution in [2.24, 2.45) is 5.73 Å². The molecule has 21 heavy (non-hydrogen) atoms. The van der Waals surface area contributed by atoms with E-state index in [2.05, 4.69) is 42.2 Å². The van der Waals surface area contributed by atoms with Crippen LogP contribution in [0, 0.1) is 13.8 Å². The molecule has 2 aromatic heterocycles. The van der Waals surface area contributed by atoms with Gasteiger partial charge in [-0.05, 0) is 42.7 Å². The Labute approximate surface area is 122 Å². The molecule has 0 amide bonds. The van der Waals surface area contributed by atoms with Gasteiger partial charge in [0.25, 0.3) is 5.89 Å². The van der Waals surface area contributed by atoms with Crippen molar-refractivity contribution in [3.8, 4) is 11.7 Å². The van der Waals surface area contributed by atoms with Crippen molar-refractivity contribution in [2.45, 2.75) is 26.8 Å². The summed E-state index contributed by atoms with van der Waals surface area (Å²) in [6.45, 7) is 4.54. The second kappa shape index (κ2) is 5.54. The van der Waals surface area contributed by atoms with Crippen LogP contribution in [0.3, 0.4) is 0 Å². The van der Waals surface area contributed by atoms with E-state index >= 15 is 0 Å². The second-order valence-electron chi connectivity index (χ2n) is 5.08. The summed E-state index contributed by atoms with van der Waals surface area (Å²) in [5.41, 5.74) is 9.21. The van der Waals surface area contributed by atoms with Gasteiger partial charge in [-0.15, -0.1) is 0 Å². The predicted molar refractivity (Wildman–Crippen MR) is 78.6 cm³/mol. The molecule has 0 saturated heterocycles. The molecule has 5 nitrogen and oxygen atoms in total. The maximum Gasteiger partial charge on any atom is 0.293 e. The lowest BCUT2D eigenvalue weighted by Crippen LogP contribution is -1.93. The van der Waals surface area contributed by atoms with E-state index in [1.165, 1.54) is 11.1 Å². The Morgan fingerprint density at radius 1 is 1.10 bits per heavy atom. The third kappa shape index (κ3) is 2.87. The minimum absolute atomic E-state index is 0.351. The summed E-state index contributed by atoms with van der Waals surface area (Å²) in [7, 11) is 0. The van der Waals surface area contributed by atoms with Crippen molar-refractivity contribution in [1.29, 1.82) is 0 Å². The summed E-state index contributed by atoms with van der Waals surface area (Å²) >= 11 is 0. The first-order valence-electron chi connectivity index (χ1n) is 6.83. The van der Waals surface area contributed by atoms with Crippen LogP contribution in [0.2, 0.25) is 0 Å². The standard InChI is InChI=1S/C16H17N3O2/c1-10-3-4-12(7-11(10)2)8-15-18-16(21-19-15)14-6-5-13(9-17)20-14/h3-7H,8-9,17H2,1-2H3. The van der Waals surface area contributed by atoms with E-state index in [0.717, 1.165) is 5.56 Å². The van der Waals surface area contributed by atoms with Crippen LogP contribution >= 0.6 is 0 Å². The van der Waals surface area contributed by atoms with Crippen LogP contribution in [0.15, 0.2) is 39.3 Å². The molecule has 2 N–H and O–H groups in total. The van der Waals surface area contributed by atoms with Gasteiger partial charge in [-0.25, -0.2) is 0 Å². The van der Waals surface area contributed by atoms with E-state index in [0.29, 0.717) is 36.2 Å². The summed E-state index contributed by atoms with van der Waals surface area (Å²) in [5, 5.41) is 4.00. The Morgan fingerprint density at radius 2 is 1.95 bits per heavy atom. The fraction of sp³-hybridized carbons (Fsp3) is 0.250. The lowest BCUT2D eigenvalue weighted by atomic mass is 10.0. The van der Waals surface area contributed by atoms with E-state index < -0.39 is 0 Å². The molecule has 0 saturated carbocycles. The molecule has 5 heteroatoms. The molecular formula is C16H17N3O2. The first-order valence-corrected chi connectivity index (χ1v) is 6.83. The van der Waals surface area contributed by atoms with Crippen LogP contribution < -0.4 is 5.73 Å². The van der Waals surface area contributed by atoms with E-state index in [-0.39, 0.29) is 0 Å². The van der Waals surface area contributed by atoms with Gasteiger partial charge in [-0.2, -0.15) is 4.98 Å². The summed E-state index contributed by atoms with van der Waals surface area (Å²) in [6.07, 6.45) is 0.634. The van der Waals surface area contributed by atoms with Gasteiger partial charge >= 0.3 is 0 Å². The highest BCUT2D eigenvalue weighted by Crippen LogP contribution is 2.21. The third-order valence-electron chi connectivity index (χ3n) is 3.48. The van der Waals surface area contributed by atoms with Gasteiger partial charge < -0.3 is 14.7 Å². The van der Waals surface area contributed by atoms with Gasteiger partial charge in [0.1, 0.15) is 5.76 Å². The fourth-order valence-electron chi connectivity index (χ4n) is 2.12. The smallest absolute Gasteiger partial charge is 0.293 e. The van der Waals surface area contributed by atoms with Crippen LogP contribution in [0.4, 0.5) is 0 Å². The highest BCUT2D eigenvalue weighted by molar-refractivity contribution is 5.44. The first kappa shape index (κ1) is 13.6. The monoisotopic (exact) mass is 283 g/mol. The van der Waals surface area contributed by atoms with Gasteiger partial charge in [0.2, 0.25) is 0 Å². The SMILES string of the molecule is Cc1ccc(Cc2noc(-c3ccc(CN)o3)n2)cc1C. The number of aryl methyl sites for hydroxylation is 2. The Kier molecular flexibility index (Phi) is 3.58. The molecule has 0 aliphatic rings. The third-order valence-corrected chi connectivity index (χ3v) is 3.48. The number of furan rings is 1. The predicted octanol–water partition coefficient (Wildman–Crippen LogP) is 3.00. The van der Waals surface area contributed by atoms with Crippen molar-refractivity contribution in [3.63, 3.8) is 0 Å². The van der Waals surface area contributed by atoms with Crippen molar-refractivity contribution in [2.75, 3.05) is 0 Å². The number of hydrogen-bond donors (Lipinski definition) is 1. The number of benzene rings is 1. The van der Waals surface area contributed by atoms with Gasteiger partial charge in [0, 0.05) is 6.42 Å².